The summed E-state index contributed by atoms with van der Waals surface area (Å²) in [5.41, 5.74) is 0.708. The van der Waals surface area contributed by atoms with E-state index in [1.807, 2.05) is 6.07 Å². The lowest BCUT2D eigenvalue weighted by Gasteiger charge is -2.08. The molecule has 6 nitrogen and oxygen atoms in total. The van der Waals surface area contributed by atoms with E-state index in [-0.39, 0.29) is 11.1 Å². The molecule has 24 heavy (non-hydrogen) atoms. The second-order valence-corrected chi connectivity index (χ2v) is 4.99. The number of nitrogens with one attached hydrogen (secondary N) is 1. The van der Waals surface area contributed by atoms with Crippen LogP contribution in [0.4, 0.5) is 5.69 Å². The molecule has 0 unspecified atom stereocenters. The predicted molar refractivity (Wildman–Crippen MR) is 88.1 cm³/mol. The fourth-order valence-electron chi connectivity index (χ4n) is 2.32. The van der Waals surface area contributed by atoms with Crippen molar-refractivity contribution in [2.24, 2.45) is 0 Å². The molecule has 0 bridgehead atoms. The number of carbonyl (C=O) groups excluding carboxylic acids is 1. The van der Waals surface area contributed by atoms with E-state index in [4.69, 9.17) is 14.4 Å². The zero-order valence-corrected chi connectivity index (χ0v) is 12.7. The van der Waals surface area contributed by atoms with E-state index in [0.717, 1.165) is 6.07 Å². The number of nitrogens with zero attached hydrogens (tertiary/aromatic N) is 1. The lowest BCUT2D eigenvalue weighted by Crippen LogP contribution is -2.15. The first-order chi connectivity index (χ1) is 11.6. The Morgan fingerprint density at radius 1 is 1.21 bits per heavy atom. The Labute approximate surface area is 136 Å². The van der Waals surface area contributed by atoms with Crippen molar-refractivity contribution in [1.82, 2.24) is 0 Å². The van der Waals surface area contributed by atoms with Gasteiger partial charge in [-0.3, -0.25) is 4.79 Å². The van der Waals surface area contributed by atoms with Gasteiger partial charge >= 0.3 is 5.63 Å². The number of carbonyl (C=O) groups is 1. The summed E-state index contributed by atoms with van der Waals surface area (Å²) in [5, 5.41) is 12.1. The largest absolute Gasteiger partial charge is 0.497 e. The van der Waals surface area contributed by atoms with Crippen molar-refractivity contribution in [3.63, 3.8) is 0 Å². The summed E-state index contributed by atoms with van der Waals surface area (Å²) < 4.78 is 10.2. The number of hydrogen-bond donors (Lipinski definition) is 1. The van der Waals surface area contributed by atoms with E-state index in [1.165, 1.54) is 7.11 Å². The number of rotatable bonds is 3. The number of amides is 1. The minimum absolute atomic E-state index is 0.186. The maximum Gasteiger partial charge on any atom is 0.337 e. The Morgan fingerprint density at radius 3 is 2.79 bits per heavy atom. The van der Waals surface area contributed by atoms with Gasteiger partial charge in [0, 0.05) is 23.2 Å². The molecule has 0 spiro atoms. The lowest BCUT2D eigenvalue weighted by atomic mass is 10.1. The van der Waals surface area contributed by atoms with Crippen LogP contribution >= 0.6 is 0 Å². The molecule has 6 heteroatoms. The summed E-state index contributed by atoms with van der Waals surface area (Å²) in [4.78, 5) is 24.3. The van der Waals surface area contributed by atoms with Crippen molar-refractivity contribution in [2.45, 2.75) is 0 Å². The topological polar surface area (TPSA) is 92.3 Å². The normalized spacial score (nSPS) is 10.2. The number of methoxy groups -OCH3 is 1. The highest BCUT2D eigenvalue weighted by Gasteiger charge is 2.14. The van der Waals surface area contributed by atoms with Crippen molar-refractivity contribution >= 4 is 22.6 Å². The third-order valence-corrected chi connectivity index (χ3v) is 3.45. The van der Waals surface area contributed by atoms with Crippen molar-refractivity contribution in [3.8, 4) is 11.8 Å². The first kappa shape index (κ1) is 15.3. The first-order valence-electron chi connectivity index (χ1n) is 7.04. The Hall–Kier alpha value is -3.59. The molecule has 1 aromatic heterocycles. The number of anilines is 1. The van der Waals surface area contributed by atoms with Gasteiger partial charge in [-0.15, -0.1) is 0 Å². The van der Waals surface area contributed by atoms with Crippen LogP contribution in [0, 0.1) is 11.3 Å². The van der Waals surface area contributed by atoms with Gasteiger partial charge in [-0.1, -0.05) is 6.07 Å². The molecule has 0 fully saturated rings. The first-order valence-corrected chi connectivity index (χ1v) is 7.04. The fraction of sp³-hybridized carbons (Fsp3) is 0.0556. The molecule has 0 aliphatic heterocycles. The predicted octanol–water partition coefficient (Wildman–Crippen LogP) is 2.93. The molecule has 0 saturated carbocycles. The second-order valence-electron chi connectivity index (χ2n) is 4.99. The highest BCUT2D eigenvalue weighted by molar-refractivity contribution is 6.12. The van der Waals surface area contributed by atoms with Gasteiger partial charge in [0.2, 0.25) is 0 Å². The van der Waals surface area contributed by atoms with E-state index in [1.54, 1.807) is 42.5 Å². The van der Waals surface area contributed by atoms with Gasteiger partial charge in [-0.05, 0) is 30.3 Å². The minimum atomic E-state index is -0.633. The van der Waals surface area contributed by atoms with Gasteiger partial charge in [0.1, 0.15) is 11.3 Å². The summed E-state index contributed by atoms with van der Waals surface area (Å²) in [6.07, 6.45) is 0. The van der Waals surface area contributed by atoms with Crippen LogP contribution in [0.3, 0.4) is 0 Å². The van der Waals surface area contributed by atoms with Gasteiger partial charge in [-0.25, -0.2) is 4.79 Å². The number of fused-ring (bicyclic) bond motifs is 1. The maximum atomic E-state index is 12.5. The van der Waals surface area contributed by atoms with Crippen molar-refractivity contribution in [3.05, 3.63) is 70.1 Å². The minimum Gasteiger partial charge on any atom is -0.497 e. The van der Waals surface area contributed by atoms with Crippen LogP contribution in [0.15, 0.2) is 57.7 Å². The summed E-state index contributed by atoms with van der Waals surface area (Å²) in [5.74, 6) is 0.0538. The van der Waals surface area contributed by atoms with Crippen LogP contribution in [0.5, 0.6) is 5.75 Å². The van der Waals surface area contributed by atoms with E-state index < -0.39 is 11.5 Å². The fourth-order valence-corrected chi connectivity index (χ4v) is 2.32. The summed E-state index contributed by atoms with van der Waals surface area (Å²) in [6.45, 7) is 0. The smallest absolute Gasteiger partial charge is 0.337 e. The zero-order chi connectivity index (χ0) is 17.1. The molecule has 0 aliphatic carbocycles. The summed E-state index contributed by atoms with van der Waals surface area (Å²) in [6, 6.07) is 14.5. The Kier molecular flexibility index (Phi) is 4.00. The molecule has 3 aromatic rings. The molecule has 1 heterocycles. The highest BCUT2D eigenvalue weighted by Crippen LogP contribution is 2.23. The lowest BCUT2D eigenvalue weighted by molar-refractivity contribution is 0.102. The Balaban J connectivity index is 2.03. The highest BCUT2D eigenvalue weighted by atomic mass is 16.5. The van der Waals surface area contributed by atoms with Crippen LogP contribution in [-0.4, -0.2) is 13.0 Å². The van der Waals surface area contributed by atoms with Gasteiger partial charge in [0.15, 0.2) is 0 Å². The van der Waals surface area contributed by atoms with Crippen LogP contribution < -0.4 is 15.7 Å². The molecular formula is C18H12N2O4. The molecule has 0 atom stereocenters. The van der Waals surface area contributed by atoms with E-state index in [0.29, 0.717) is 22.4 Å². The molecule has 3 rings (SSSR count). The average Bonchev–Trinajstić information content (AvgIpc) is 2.60. The second kappa shape index (κ2) is 6.26. The number of nitriles is 1. The van der Waals surface area contributed by atoms with Crippen molar-refractivity contribution in [1.29, 1.82) is 5.26 Å². The standard InChI is InChI=1S/C18H12N2O4/c1-23-13-5-6-14-15(9-17(21)24-16(14)8-13)18(22)20-12-4-2-3-11(7-12)10-19/h2-9H,1H3,(H,20,22). The SMILES string of the molecule is COc1ccc2c(C(=O)Nc3cccc(C#N)c3)cc(=O)oc2c1. The van der Waals surface area contributed by atoms with Gasteiger partial charge in [-0.2, -0.15) is 5.26 Å². The molecule has 0 aliphatic rings. The van der Waals surface area contributed by atoms with Crippen LogP contribution in [-0.2, 0) is 0 Å². The monoisotopic (exact) mass is 320 g/mol. The molecule has 118 valence electrons. The molecule has 0 saturated heterocycles. The number of hydrogen-bond acceptors (Lipinski definition) is 5. The summed E-state index contributed by atoms with van der Waals surface area (Å²) in [7, 11) is 1.50. The number of benzene rings is 2. The zero-order valence-electron chi connectivity index (χ0n) is 12.7. The van der Waals surface area contributed by atoms with Gasteiger partial charge in [0.25, 0.3) is 5.91 Å². The van der Waals surface area contributed by atoms with Crippen LogP contribution in [0.2, 0.25) is 0 Å². The molecular weight excluding hydrogens is 308 g/mol. The van der Waals surface area contributed by atoms with Crippen LogP contribution in [0.25, 0.3) is 11.0 Å². The third-order valence-electron chi connectivity index (χ3n) is 3.45. The van der Waals surface area contributed by atoms with E-state index in [2.05, 4.69) is 5.32 Å². The Bertz CT molecular complexity index is 1030. The van der Waals surface area contributed by atoms with Crippen molar-refractivity contribution in [2.75, 3.05) is 12.4 Å². The Morgan fingerprint density at radius 2 is 2.04 bits per heavy atom. The quantitative estimate of drug-likeness (QED) is 0.749. The maximum absolute atomic E-state index is 12.5. The van der Waals surface area contributed by atoms with Crippen molar-refractivity contribution < 1.29 is 13.9 Å². The van der Waals surface area contributed by atoms with Gasteiger partial charge < -0.3 is 14.5 Å². The summed E-state index contributed by atoms with van der Waals surface area (Å²) >= 11 is 0. The van der Waals surface area contributed by atoms with Crippen LogP contribution in [0.1, 0.15) is 15.9 Å². The number of ether oxygens (including phenoxy) is 1. The van der Waals surface area contributed by atoms with E-state index in [9.17, 15) is 9.59 Å². The average molecular weight is 320 g/mol. The molecule has 2 aromatic carbocycles. The van der Waals surface area contributed by atoms with Gasteiger partial charge in [0.05, 0.1) is 24.3 Å². The van der Waals surface area contributed by atoms with E-state index >= 15 is 0 Å². The third kappa shape index (κ3) is 2.96. The molecule has 0 radical (unpaired) electrons. The molecule has 1 amide bonds. The molecule has 1 N–H and O–H groups in total.